The van der Waals surface area contributed by atoms with Crippen molar-refractivity contribution >= 4 is 0 Å². The number of hydrogen-bond acceptors (Lipinski definition) is 4. The minimum atomic E-state index is -0.182. The van der Waals surface area contributed by atoms with Crippen LogP contribution in [0.5, 0.6) is 0 Å². The fraction of sp³-hybridized carbons (Fsp3) is 1.00. The van der Waals surface area contributed by atoms with Gasteiger partial charge in [-0.2, -0.15) is 0 Å². The molecule has 0 saturated heterocycles. The average molecular weight is 217 g/mol. The Morgan fingerprint density at radius 3 is 2.53 bits per heavy atom. The van der Waals surface area contributed by atoms with Crippen molar-refractivity contribution in [2.75, 3.05) is 27.4 Å². The van der Waals surface area contributed by atoms with E-state index in [-0.39, 0.29) is 17.6 Å². The van der Waals surface area contributed by atoms with Crippen LogP contribution in [-0.2, 0) is 9.47 Å². The predicted molar refractivity (Wildman–Crippen MR) is 58.9 cm³/mol. The first kappa shape index (κ1) is 12.9. The Hall–Kier alpha value is -0.160. The van der Waals surface area contributed by atoms with Crippen molar-refractivity contribution < 1.29 is 14.6 Å². The molecule has 0 bridgehead atoms. The molecule has 3 unspecified atom stereocenters. The molecule has 90 valence electrons. The van der Waals surface area contributed by atoms with Gasteiger partial charge in [0.1, 0.15) is 0 Å². The fourth-order valence-corrected chi connectivity index (χ4v) is 1.92. The van der Waals surface area contributed by atoms with E-state index in [2.05, 4.69) is 19.2 Å². The molecule has 15 heavy (non-hydrogen) atoms. The van der Waals surface area contributed by atoms with Gasteiger partial charge >= 0.3 is 0 Å². The van der Waals surface area contributed by atoms with E-state index in [0.717, 1.165) is 13.0 Å². The topological polar surface area (TPSA) is 50.7 Å². The molecule has 0 heterocycles. The summed E-state index contributed by atoms with van der Waals surface area (Å²) in [5.41, 5.74) is -0.0225. The van der Waals surface area contributed by atoms with Crippen LogP contribution in [0.4, 0.5) is 0 Å². The van der Waals surface area contributed by atoms with Crippen LogP contribution in [0.2, 0.25) is 0 Å². The van der Waals surface area contributed by atoms with Crippen LogP contribution < -0.4 is 5.32 Å². The van der Waals surface area contributed by atoms with E-state index in [9.17, 15) is 5.11 Å². The van der Waals surface area contributed by atoms with E-state index in [0.29, 0.717) is 12.6 Å². The van der Waals surface area contributed by atoms with Crippen molar-refractivity contribution in [2.24, 2.45) is 5.41 Å². The Balaban J connectivity index is 2.25. The third-order valence-electron chi connectivity index (χ3n) is 3.49. The van der Waals surface area contributed by atoms with Crippen LogP contribution in [0.15, 0.2) is 0 Å². The van der Waals surface area contributed by atoms with Gasteiger partial charge in [0, 0.05) is 32.2 Å². The number of aliphatic hydroxyl groups excluding tert-OH is 1. The maximum atomic E-state index is 9.58. The summed E-state index contributed by atoms with van der Waals surface area (Å²) in [4.78, 5) is 0. The van der Waals surface area contributed by atoms with Crippen LogP contribution in [0.1, 0.15) is 20.3 Å². The molecule has 1 rings (SSSR count). The first-order valence-electron chi connectivity index (χ1n) is 5.45. The van der Waals surface area contributed by atoms with Gasteiger partial charge in [0.05, 0.1) is 18.8 Å². The SMILES string of the molecule is COCC(CNC1CC(O)C1(C)C)OC. The van der Waals surface area contributed by atoms with Gasteiger partial charge in [0.2, 0.25) is 0 Å². The second-order valence-electron chi connectivity index (χ2n) is 4.85. The molecule has 1 aliphatic carbocycles. The van der Waals surface area contributed by atoms with Gasteiger partial charge in [-0.25, -0.2) is 0 Å². The van der Waals surface area contributed by atoms with Gasteiger partial charge < -0.3 is 19.9 Å². The summed E-state index contributed by atoms with van der Waals surface area (Å²) in [7, 11) is 3.36. The summed E-state index contributed by atoms with van der Waals surface area (Å²) in [5.74, 6) is 0. The third-order valence-corrected chi connectivity index (χ3v) is 3.49. The van der Waals surface area contributed by atoms with Gasteiger partial charge in [-0.1, -0.05) is 13.8 Å². The summed E-state index contributed by atoms with van der Waals surface area (Å²) >= 11 is 0. The van der Waals surface area contributed by atoms with Crippen molar-refractivity contribution in [2.45, 2.75) is 38.5 Å². The smallest absolute Gasteiger partial charge is 0.0928 e. The van der Waals surface area contributed by atoms with Gasteiger partial charge in [-0.3, -0.25) is 0 Å². The molecule has 3 atom stereocenters. The Labute approximate surface area is 92.0 Å². The van der Waals surface area contributed by atoms with Gasteiger partial charge in [-0.05, 0) is 6.42 Å². The molecule has 4 nitrogen and oxygen atoms in total. The number of rotatable bonds is 6. The Morgan fingerprint density at radius 2 is 2.13 bits per heavy atom. The highest BCUT2D eigenvalue weighted by Crippen LogP contribution is 2.40. The summed E-state index contributed by atoms with van der Waals surface area (Å²) in [6, 6.07) is 0.377. The Bertz CT molecular complexity index is 196. The number of ether oxygens (including phenoxy) is 2. The van der Waals surface area contributed by atoms with Crippen LogP contribution in [-0.4, -0.2) is 50.7 Å². The molecule has 0 aliphatic heterocycles. The lowest BCUT2D eigenvalue weighted by atomic mass is 9.64. The van der Waals surface area contributed by atoms with Crippen LogP contribution in [0.25, 0.3) is 0 Å². The van der Waals surface area contributed by atoms with Crippen molar-refractivity contribution in [1.29, 1.82) is 0 Å². The number of nitrogens with one attached hydrogen (secondary N) is 1. The third kappa shape index (κ3) is 2.91. The molecule has 0 aromatic carbocycles. The molecule has 1 fully saturated rings. The summed E-state index contributed by atoms with van der Waals surface area (Å²) in [6.07, 6.45) is 0.734. The molecule has 4 heteroatoms. The molecule has 0 radical (unpaired) electrons. The zero-order chi connectivity index (χ0) is 11.5. The highest BCUT2D eigenvalue weighted by atomic mass is 16.5. The first-order chi connectivity index (χ1) is 7.02. The zero-order valence-corrected chi connectivity index (χ0v) is 10.1. The molecular weight excluding hydrogens is 194 g/mol. The lowest BCUT2D eigenvalue weighted by molar-refractivity contribution is -0.0776. The van der Waals surface area contributed by atoms with E-state index < -0.39 is 0 Å². The highest BCUT2D eigenvalue weighted by molar-refractivity contribution is 5.01. The number of aliphatic hydroxyl groups is 1. The van der Waals surface area contributed by atoms with E-state index in [1.165, 1.54) is 0 Å². The molecule has 0 aromatic heterocycles. The molecule has 1 saturated carbocycles. The van der Waals surface area contributed by atoms with Crippen LogP contribution in [0, 0.1) is 5.41 Å². The summed E-state index contributed by atoms with van der Waals surface area (Å²) < 4.78 is 10.3. The highest BCUT2D eigenvalue weighted by Gasteiger charge is 2.46. The zero-order valence-electron chi connectivity index (χ0n) is 10.1. The summed E-state index contributed by atoms with van der Waals surface area (Å²) in [5, 5.41) is 13.0. The fourth-order valence-electron chi connectivity index (χ4n) is 1.92. The van der Waals surface area contributed by atoms with E-state index in [1.54, 1.807) is 14.2 Å². The predicted octanol–water partition coefficient (Wildman–Crippen LogP) is 0.397. The maximum Gasteiger partial charge on any atom is 0.0928 e. The molecular formula is C11H23NO3. The quantitative estimate of drug-likeness (QED) is 0.676. The largest absolute Gasteiger partial charge is 0.392 e. The molecule has 0 aromatic rings. The average Bonchev–Trinajstić information content (AvgIpc) is 2.22. The maximum absolute atomic E-state index is 9.58. The van der Waals surface area contributed by atoms with E-state index in [1.807, 2.05) is 0 Å². The van der Waals surface area contributed by atoms with Gasteiger partial charge in [0.25, 0.3) is 0 Å². The van der Waals surface area contributed by atoms with Crippen molar-refractivity contribution in [3.63, 3.8) is 0 Å². The minimum Gasteiger partial charge on any atom is -0.392 e. The lowest BCUT2D eigenvalue weighted by Crippen LogP contribution is -2.61. The summed E-state index contributed by atoms with van der Waals surface area (Å²) in [6.45, 7) is 5.53. The molecule has 2 N–H and O–H groups in total. The first-order valence-corrected chi connectivity index (χ1v) is 5.45. The normalized spacial score (nSPS) is 31.0. The number of methoxy groups -OCH3 is 2. The minimum absolute atomic E-state index is 0.0225. The Morgan fingerprint density at radius 1 is 1.47 bits per heavy atom. The lowest BCUT2D eigenvalue weighted by Gasteiger charge is -2.50. The second kappa shape index (κ2) is 5.25. The number of hydrogen-bond donors (Lipinski definition) is 2. The van der Waals surface area contributed by atoms with Crippen molar-refractivity contribution in [3.05, 3.63) is 0 Å². The van der Waals surface area contributed by atoms with Crippen LogP contribution >= 0.6 is 0 Å². The van der Waals surface area contributed by atoms with E-state index in [4.69, 9.17) is 9.47 Å². The van der Waals surface area contributed by atoms with Crippen LogP contribution in [0.3, 0.4) is 0 Å². The Kier molecular flexibility index (Phi) is 4.52. The van der Waals surface area contributed by atoms with Gasteiger partial charge in [-0.15, -0.1) is 0 Å². The van der Waals surface area contributed by atoms with E-state index >= 15 is 0 Å². The molecule has 1 aliphatic rings. The van der Waals surface area contributed by atoms with Crippen molar-refractivity contribution in [1.82, 2.24) is 5.32 Å². The van der Waals surface area contributed by atoms with Gasteiger partial charge in [0.15, 0.2) is 0 Å². The molecule has 0 amide bonds. The monoisotopic (exact) mass is 217 g/mol. The van der Waals surface area contributed by atoms with Crippen molar-refractivity contribution in [3.8, 4) is 0 Å². The molecule has 0 spiro atoms. The second-order valence-corrected chi connectivity index (χ2v) is 4.85. The standard InChI is InChI=1S/C11H23NO3/c1-11(2)9(5-10(11)13)12-6-8(15-4)7-14-3/h8-10,12-13H,5-7H2,1-4H3.